The van der Waals surface area contributed by atoms with Crippen LogP contribution in [0.25, 0.3) is 23.1 Å². The molecule has 0 bridgehead atoms. The van der Waals surface area contributed by atoms with Gasteiger partial charge in [-0.15, -0.1) is 0 Å². The molecule has 0 aliphatic rings. The van der Waals surface area contributed by atoms with Crippen molar-refractivity contribution in [1.29, 1.82) is 0 Å². The van der Waals surface area contributed by atoms with Crippen LogP contribution >= 0.6 is 46.7 Å². The summed E-state index contributed by atoms with van der Waals surface area (Å²) in [6.45, 7) is 10.0. The molecular weight excluding hydrogens is 710 g/mol. The van der Waals surface area contributed by atoms with Gasteiger partial charge in [0.1, 0.15) is 0 Å². The summed E-state index contributed by atoms with van der Waals surface area (Å²) in [5.41, 5.74) is 3.80. The zero-order chi connectivity index (χ0) is 35.7. The second-order valence-corrected chi connectivity index (χ2v) is 13.3. The predicted octanol–water partition coefficient (Wildman–Crippen LogP) is 4.85. The third kappa shape index (κ3) is 25.4. The number of aromatic nitrogens is 1. The molecule has 0 saturated carbocycles. The molecule has 3 rings (SSSR count). The van der Waals surface area contributed by atoms with Gasteiger partial charge in [0.15, 0.2) is 0 Å². The molecular formula is C26H40Cl2N3O12P3. The van der Waals surface area contributed by atoms with Gasteiger partial charge >= 0.3 is 23.5 Å². The molecule has 1 atom stereocenters. The van der Waals surface area contributed by atoms with Gasteiger partial charge in [-0.2, -0.15) is 0 Å². The average molecular weight is 750 g/mol. The van der Waals surface area contributed by atoms with Gasteiger partial charge in [0, 0.05) is 27.2 Å². The van der Waals surface area contributed by atoms with Gasteiger partial charge in [0.05, 0.1) is 11.2 Å². The fourth-order valence-corrected chi connectivity index (χ4v) is 4.08. The number of pyridine rings is 1. The monoisotopic (exact) mass is 749 g/mol. The number of hydrogen-bond acceptors (Lipinski definition) is 6. The van der Waals surface area contributed by atoms with Crippen LogP contribution in [0.4, 0.5) is 5.69 Å². The molecule has 260 valence electrons. The van der Waals surface area contributed by atoms with Crippen molar-refractivity contribution in [3.63, 3.8) is 0 Å². The highest BCUT2D eigenvalue weighted by molar-refractivity contribution is 7.45. The lowest BCUT2D eigenvalue weighted by atomic mass is 10.1. The van der Waals surface area contributed by atoms with Crippen LogP contribution in [0, 0.1) is 0 Å². The van der Waals surface area contributed by atoms with E-state index in [1.165, 1.54) is 6.42 Å². The topological polar surface area (TPSA) is 261 Å². The van der Waals surface area contributed by atoms with E-state index in [-0.39, 0.29) is 0 Å². The van der Waals surface area contributed by atoms with Crippen LogP contribution in [0.2, 0.25) is 10.0 Å². The van der Waals surface area contributed by atoms with E-state index in [4.69, 9.17) is 85.9 Å². The molecule has 0 spiro atoms. The number of fused-ring (bicyclic) bond motifs is 1. The summed E-state index contributed by atoms with van der Waals surface area (Å²) in [6.07, 6.45) is 6.28. The number of benzene rings is 2. The minimum atomic E-state index is -4.64. The molecule has 0 aliphatic carbocycles. The fourth-order valence-electron chi connectivity index (χ4n) is 3.71. The largest absolute Gasteiger partial charge is 0.466 e. The molecule has 0 saturated heterocycles. The van der Waals surface area contributed by atoms with Gasteiger partial charge in [0.25, 0.3) is 0 Å². The first-order chi connectivity index (χ1) is 21.0. The van der Waals surface area contributed by atoms with E-state index in [0.29, 0.717) is 11.1 Å². The molecule has 15 nitrogen and oxygen atoms in total. The molecule has 0 aliphatic heterocycles. The van der Waals surface area contributed by atoms with Crippen molar-refractivity contribution in [1.82, 2.24) is 9.88 Å². The number of rotatable bonds is 10. The van der Waals surface area contributed by atoms with Crippen molar-refractivity contribution in [2.75, 3.05) is 25.0 Å². The fraction of sp³-hybridized carbons (Fsp3) is 0.346. The third-order valence-corrected chi connectivity index (χ3v) is 6.12. The molecule has 1 aromatic heterocycles. The quantitative estimate of drug-likeness (QED) is 0.124. The number of nitrogens with one attached hydrogen (secondary N) is 1. The minimum absolute atomic E-state index is 0.359. The zero-order valence-electron chi connectivity index (χ0n) is 25.1. The maximum Gasteiger partial charge on any atom is 0.466 e. The Morgan fingerprint density at radius 2 is 1.35 bits per heavy atom. The second kappa shape index (κ2) is 21.3. The van der Waals surface area contributed by atoms with Crippen molar-refractivity contribution in [2.24, 2.45) is 0 Å². The van der Waals surface area contributed by atoms with Crippen molar-refractivity contribution >= 4 is 75.4 Å². The molecule has 20 heteroatoms. The van der Waals surface area contributed by atoms with Gasteiger partial charge in [-0.25, -0.2) is 18.7 Å². The van der Waals surface area contributed by atoms with Gasteiger partial charge < -0.3 is 54.3 Å². The van der Waals surface area contributed by atoms with Gasteiger partial charge in [0.2, 0.25) is 0 Å². The summed E-state index contributed by atoms with van der Waals surface area (Å²) in [5, 5.41) is 6.19. The highest BCUT2D eigenvalue weighted by atomic mass is 35.5. The van der Waals surface area contributed by atoms with Crippen molar-refractivity contribution in [3.8, 4) is 0 Å². The van der Waals surface area contributed by atoms with Crippen LogP contribution in [0.3, 0.4) is 0 Å². The summed E-state index contributed by atoms with van der Waals surface area (Å²) in [7, 11) is -13.9. The lowest BCUT2D eigenvalue weighted by Gasteiger charge is -2.21. The van der Waals surface area contributed by atoms with Crippen molar-refractivity contribution in [3.05, 3.63) is 69.8 Å². The van der Waals surface area contributed by atoms with E-state index in [1.807, 2.05) is 54.6 Å². The minimum Gasteiger partial charge on any atom is -0.382 e. The normalized spacial score (nSPS) is 12.4. The van der Waals surface area contributed by atoms with Crippen LogP contribution < -0.4 is 5.32 Å². The average Bonchev–Trinajstić information content (AvgIpc) is 2.87. The van der Waals surface area contributed by atoms with Crippen LogP contribution in [0.15, 0.2) is 48.5 Å². The second-order valence-electron chi connectivity index (χ2n) is 9.37. The Bertz CT molecular complexity index is 1460. The van der Waals surface area contributed by atoms with Gasteiger partial charge in [-0.3, -0.25) is 0 Å². The lowest BCUT2D eigenvalue weighted by molar-refractivity contribution is 0.272. The first-order valence-electron chi connectivity index (χ1n) is 13.4. The summed E-state index contributed by atoms with van der Waals surface area (Å²) in [5.74, 6) is 0. The summed E-state index contributed by atoms with van der Waals surface area (Å²) < 4.78 is 26.6. The zero-order valence-corrected chi connectivity index (χ0v) is 29.3. The Morgan fingerprint density at radius 3 is 1.85 bits per heavy atom. The lowest BCUT2D eigenvalue weighted by Crippen LogP contribution is -2.25. The van der Waals surface area contributed by atoms with E-state index in [9.17, 15) is 0 Å². The Kier molecular flexibility index (Phi) is 20.5. The Morgan fingerprint density at radius 1 is 0.826 bits per heavy atom. The summed E-state index contributed by atoms with van der Waals surface area (Å²) in [4.78, 5) is 71.9. The first-order valence-corrected chi connectivity index (χ1v) is 18.8. The molecule has 2 aromatic carbocycles. The summed E-state index contributed by atoms with van der Waals surface area (Å²) in [6, 6.07) is 16.1. The number of anilines is 1. The van der Waals surface area contributed by atoms with Gasteiger partial charge in [-0.1, -0.05) is 61.3 Å². The van der Waals surface area contributed by atoms with E-state index < -0.39 is 23.5 Å². The number of phosphoric acid groups is 3. The number of halogens is 2. The molecule has 0 amide bonds. The van der Waals surface area contributed by atoms with Crippen molar-refractivity contribution in [2.45, 2.75) is 39.7 Å². The standard InChI is InChI=1S/C26H31Cl2N3.3H3O4P/c1-4-31(5-2)16-8-9-19(3)29-26-18-22(14-12-20-10-6-7-11-24(20)28)30-25-17-21(27)13-15-23(25)26;3*1-5(2,3)4/h6-7,10-15,17-19H,4-5,8-9,16H2,1-3H3,(H,29,30);3*(H3,1,2,3,4). The van der Waals surface area contributed by atoms with E-state index in [1.54, 1.807) is 0 Å². The highest BCUT2D eigenvalue weighted by Crippen LogP contribution is 2.29. The Balaban J connectivity index is 0.00000112. The first kappa shape index (κ1) is 44.3. The van der Waals surface area contributed by atoms with Crippen LogP contribution in [0.1, 0.15) is 44.9 Å². The number of nitrogens with zero attached hydrogens (tertiary/aromatic N) is 2. The van der Waals surface area contributed by atoms with Crippen LogP contribution in [-0.4, -0.2) is 79.6 Å². The van der Waals surface area contributed by atoms with E-state index in [0.717, 1.165) is 58.9 Å². The molecule has 0 fully saturated rings. The maximum atomic E-state index is 8.88. The Labute approximate surface area is 276 Å². The smallest absolute Gasteiger partial charge is 0.382 e. The SMILES string of the molecule is CCN(CC)CCCC(C)Nc1cc(C=Cc2ccccc2Cl)nc2cc(Cl)ccc12.O=P(O)(O)O.O=P(O)(O)O.O=P(O)(O)O. The van der Waals surface area contributed by atoms with Crippen molar-refractivity contribution < 1.29 is 57.7 Å². The van der Waals surface area contributed by atoms with Crippen LogP contribution in [-0.2, 0) is 13.7 Å². The molecule has 46 heavy (non-hydrogen) atoms. The van der Waals surface area contributed by atoms with Crippen LogP contribution in [0.5, 0.6) is 0 Å². The molecule has 10 N–H and O–H groups in total. The predicted molar refractivity (Wildman–Crippen MR) is 180 cm³/mol. The van der Waals surface area contributed by atoms with Gasteiger partial charge in [-0.05, 0) is 81.4 Å². The molecule has 1 unspecified atom stereocenters. The third-order valence-electron chi connectivity index (χ3n) is 5.54. The van der Waals surface area contributed by atoms with E-state index >= 15 is 0 Å². The number of hydrogen-bond donors (Lipinski definition) is 10. The van der Waals surface area contributed by atoms with E-state index in [2.05, 4.69) is 37.1 Å². The molecule has 0 radical (unpaired) electrons. The maximum absolute atomic E-state index is 8.88. The summed E-state index contributed by atoms with van der Waals surface area (Å²) >= 11 is 12.5. The Hall–Kier alpha value is -1.74. The molecule has 3 aromatic rings. The molecule has 1 heterocycles. The highest BCUT2D eigenvalue weighted by Gasteiger charge is 2.10.